The van der Waals surface area contributed by atoms with Crippen molar-refractivity contribution < 1.29 is 8.42 Å². The maximum Gasteiger partial charge on any atom is 0.191 e. The van der Waals surface area contributed by atoms with E-state index >= 15 is 0 Å². The molecule has 130 valence electrons. The van der Waals surface area contributed by atoms with Gasteiger partial charge in [0.05, 0.1) is 11.5 Å². The number of nitrogens with one attached hydrogen (secondary N) is 2. The maximum atomic E-state index is 11.5. The van der Waals surface area contributed by atoms with Gasteiger partial charge in [-0.2, -0.15) is 0 Å². The van der Waals surface area contributed by atoms with Gasteiger partial charge in [-0.3, -0.25) is 4.99 Å². The van der Waals surface area contributed by atoms with Crippen molar-refractivity contribution in [3.63, 3.8) is 0 Å². The molecule has 1 saturated heterocycles. The molecular weight excluding hydrogens is 425 g/mol. The normalized spacial score (nSPS) is 21.3. The molecule has 0 spiro atoms. The Balaban J connectivity index is 0.00000264. The van der Waals surface area contributed by atoms with E-state index in [-0.39, 0.29) is 41.5 Å². The SMILES string of the molecule is CN=C(NCC(C)c1cccc(C)c1)NC1CCS(=O)(=O)C1.I. The second kappa shape index (κ2) is 8.86. The van der Waals surface area contributed by atoms with Crippen molar-refractivity contribution in [2.24, 2.45) is 4.99 Å². The lowest BCUT2D eigenvalue weighted by Crippen LogP contribution is -2.44. The monoisotopic (exact) mass is 451 g/mol. The smallest absolute Gasteiger partial charge is 0.191 e. The van der Waals surface area contributed by atoms with Gasteiger partial charge in [-0.1, -0.05) is 36.8 Å². The lowest BCUT2D eigenvalue weighted by Gasteiger charge is -2.19. The van der Waals surface area contributed by atoms with Crippen LogP contribution in [-0.4, -0.2) is 45.5 Å². The fourth-order valence-electron chi connectivity index (χ4n) is 2.64. The summed E-state index contributed by atoms with van der Waals surface area (Å²) in [6.45, 7) is 5.00. The highest BCUT2D eigenvalue weighted by Crippen LogP contribution is 2.15. The van der Waals surface area contributed by atoms with E-state index < -0.39 is 9.84 Å². The van der Waals surface area contributed by atoms with E-state index in [1.807, 2.05) is 0 Å². The Labute approximate surface area is 156 Å². The van der Waals surface area contributed by atoms with Gasteiger partial charge in [0, 0.05) is 19.6 Å². The molecule has 2 rings (SSSR count). The fraction of sp³-hybridized carbons (Fsp3) is 0.562. The Morgan fingerprint density at radius 3 is 2.74 bits per heavy atom. The molecular formula is C16H26IN3O2S. The summed E-state index contributed by atoms with van der Waals surface area (Å²) in [5.41, 5.74) is 2.54. The number of halogens is 1. The average molecular weight is 451 g/mol. The number of rotatable bonds is 4. The Kier molecular flexibility index (Phi) is 7.79. The molecule has 1 aliphatic rings. The first-order chi connectivity index (χ1) is 10.4. The molecule has 1 aromatic rings. The van der Waals surface area contributed by atoms with Crippen molar-refractivity contribution in [1.29, 1.82) is 0 Å². The average Bonchev–Trinajstić information content (AvgIpc) is 2.82. The van der Waals surface area contributed by atoms with E-state index in [4.69, 9.17) is 0 Å². The first-order valence-electron chi connectivity index (χ1n) is 7.64. The van der Waals surface area contributed by atoms with Crippen LogP contribution in [0.5, 0.6) is 0 Å². The van der Waals surface area contributed by atoms with Crippen molar-refractivity contribution in [2.45, 2.75) is 32.2 Å². The van der Waals surface area contributed by atoms with E-state index in [0.717, 1.165) is 6.54 Å². The van der Waals surface area contributed by atoms with E-state index in [1.165, 1.54) is 11.1 Å². The quantitative estimate of drug-likeness (QED) is 0.418. The van der Waals surface area contributed by atoms with Crippen LogP contribution in [0.1, 0.15) is 30.4 Å². The molecule has 2 atom stereocenters. The predicted octanol–water partition coefficient (Wildman–Crippen LogP) is 2.07. The van der Waals surface area contributed by atoms with Crippen LogP contribution in [0.3, 0.4) is 0 Å². The van der Waals surface area contributed by atoms with Gasteiger partial charge in [0.15, 0.2) is 15.8 Å². The lowest BCUT2D eigenvalue weighted by molar-refractivity contribution is 0.599. The van der Waals surface area contributed by atoms with Gasteiger partial charge in [-0.25, -0.2) is 8.42 Å². The first kappa shape index (κ1) is 20.2. The Morgan fingerprint density at radius 1 is 1.43 bits per heavy atom. The molecule has 1 heterocycles. The Hall–Kier alpha value is -0.830. The van der Waals surface area contributed by atoms with Gasteiger partial charge >= 0.3 is 0 Å². The summed E-state index contributed by atoms with van der Waals surface area (Å²) >= 11 is 0. The minimum Gasteiger partial charge on any atom is -0.356 e. The molecule has 2 unspecified atom stereocenters. The summed E-state index contributed by atoms with van der Waals surface area (Å²) in [5, 5.41) is 6.48. The number of aliphatic imine (C=N–C) groups is 1. The van der Waals surface area contributed by atoms with Gasteiger partial charge in [-0.15, -0.1) is 24.0 Å². The summed E-state index contributed by atoms with van der Waals surface area (Å²) in [4.78, 5) is 4.18. The highest BCUT2D eigenvalue weighted by atomic mass is 127. The van der Waals surface area contributed by atoms with E-state index in [9.17, 15) is 8.42 Å². The summed E-state index contributed by atoms with van der Waals surface area (Å²) in [6, 6.07) is 8.43. The van der Waals surface area contributed by atoms with E-state index in [1.54, 1.807) is 7.05 Å². The standard InChI is InChI=1S/C16H25N3O2S.HI/c1-12-5-4-6-14(9-12)13(2)10-18-16(17-3)19-15-7-8-22(20,21)11-15;/h4-6,9,13,15H,7-8,10-11H2,1-3H3,(H2,17,18,19);1H. The fourth-order valence-corrected chi connectivity index (χ4v) is 4.31. The third kappa shape index (κ3) is 6.29. The minimum absolute atomic E-state index is 0. The third-order valence-electron chi connectivity index (χ3n) is 3.98. The summed E-state index contributed by atoms with van der Waals surface area (Å²) in [6.07, 6.45) is 0.649. The molecule has 1 aromatic carbocycles. The largest absolute Gasteiger partial charge is 0.356 e. The Bertz CT molecular complexity index is 646. The maximum absolute atomic E-state index is 11.5. The van der Waals surface area contributed by atoms with Crippen LogP contribution in [0.15, 0.2) is 29.3 Å². The van der Waals surface area contributed by atoms with Crippen molar-refractivity contribution in [3.05, 3.63) is 35.4 Å². The van der Waals surface area contributed by atoms with Crippen LogP contribution in [-0.2, 0) is 9.84 Å². The van der Waals surface area contributed by atoms with E-state index in [0.29, 0.717) is 18.3 Å². The molecule has 0 radical (unpaired) electrons. The summed E-state index contributed by atoms with van der Waals surface area (Å²) in [7, 11) is -1.17. The number of hydrogen-bond donors (Lipinski definition) is 2. The Morgan fingerprint density at radius 2 is 2.17 bits per heavy atom. The summed E-state index contributed by atoms with van der Waals surface area (Å²) < 4.78 is 23.0. The first-order valence-corrected chi connectivity index (χ1v) is 9.46. The second-order valence-corrected chi connectivity index (χ2v) is 8.24. The predicted molar refractivity (Wildman–Crippen MR) is 107 cm³/mol. The van der Waals surface area contributed by atoms with Crippen molar-refractivity contribution in [1.82, 2.24) is 10.6 Å². The topological polar surface area (TPSA) is 70.6 Å². The number of sulfone groups is 1. The molecule has 0 bridgehead atoms. The number of benzene rings is 1. The molecule has 0 aromatic heterocycles. The van der Waals surface area contributed by atoms with Crippen LogP contribution >= 0.6 is 24.0 Å². The molecule has 7 heteroatoms. The zero-order valence-corrected chi connectivity index (χ0v) is 17.0. The molecule has 2 N–H and O–H groups in total. The zero-order valence-electron chi connectivity index (χ0n) is 13.9. The van der Waals surface area contributed by atoms with Crippen LogP contribution < -0.4 is 10.6 Å². The zero-order chi connectivity index (χ0) is 16.2. The van der Waals surface area contributed by atoms with Gasteiger partial charge in [0.25, 0.3) is 0 Å². The van der Waals surface area contributed by atoms with Gasteiger partial charge in [-0.05, 0) is 24.8 Å². The number of hydrogen-bond acceptors (Lipinski definition) is 3. The van der Waals surface area contributed by atoms with Gasteiger partial charge in [0.1, 0.15) is 0 Å². The van der Waals surface area contributed by atoms with E-state index in [2.05, 4.69) is 53.7 Å². The molecule has 1 aliphatic heterocycles. The highest BCUT2D eigenvalue weighted by Gasteiger charge is 2.28. The van der Waals surface area contributed by atoms with Crippen molar-refractivity contribution in [2.75, 3.05) is 25.1 Å². The number of aryl methyl sites for hydroxylation is 1. The second-order valence-electron chi connectivity index (χ2n) is 6.01. The van der Waals surface area contributed by atoms with Crippen LogP contribution in [0, 0.1) is 6.92 Å². The van der Waals surface area contributed by atoms with Crippen molar-refractivity contribution >= 4 is 39.8 Å². The number of guanidine groups is 1. The van der Waals surface area contributed by atoms with Crippen LogP contribution in [0.4, 0.5) is 0 Å². The lowest BCUT2D eigenvalue weighted by atomic mass is 9.99. The molecule has 0 aliphatic carbocycles. The van der Waals surface area contributed by atoms with Gasteiger partial charge < -0.3 is 10.6 Å². The molecule has 1 fully saturated rings. The highest BCUT2D eigenvalue weighted by molar-refractivity contribution is 14.0. The third-order valence-corrected chi connectivity index (χ3v) is 5.75. The molecule has 0 amide bonds. The minimum atomic E-state index is -2.87. The molecule has 0 saturated carbocycles. The van der Waals surface area contributed by atoms with Crippen LogP contribution in [0.25, 0.3) is 0 Å². The van der Waals surface area contributed by atoms with Gasteiger partial charge in [0.2, 0.25) is 0 Å². The molecule has 23 heavy (non-hydrogen) atoms. The van der Waals surface area contributed by atoms with Crippen molar-refractivity contribution in [3.8, 4) is 0 Å². The summed E-state index contributed by atoms with van der Waals surface area (Å²) in [5.74, 6) is 1.48. The number of nitrogens with zero attached hydrogens (tertiary/aromatic N) is 1. The van der Waals surface area contributed by atoms with Crippen LogP contribution in [0.2, 0.25) is 0 Å². The molecule has 5 nitrogen and oxygen atoms in total.